The van der Waals surface area contributed by atoms with Crippen LogP contribution >= 0.6 is 11.6 Å². The second kappa shape index (κ2) is 7.73. The molecule has 0 aliphatic rings. The smallest absolute Gasteiger partial charge is 0.0762 e. The van der Waals surface area contributed by atoms with Crippen LogP contribution in [0.15, 0.2) is 18.2 Å². The van der Waals surface area contributed by atoms with Crippen LogP contribution in [-0.4, -0.2) is 31.9 Å². The zero-order valence-corrected chi connectivity index (χ0v) is 12.9. The zero-order chi connectivity index (χ0) is 14.4. The van der Waals surface area contributed by atoms with Crippen LogP contribution < -0.4 is 4.90 Å². The van der Waals surface area contributed by atoms with Gasteiger partial charge in [0.2, 0.25) is 0 Å². The molecular weight excluding hydrogens is 262 g/mol. The monoisotopic (exact) mass is 285 g/mol. The third kappa shape index (κ3) is 5.01. The summed E-state index contributed by atoms with van der Waals surface area (Å²) in [4.78, 5) is 2.22. The van der Waals surface area contributed by atoms with Crippen LogP contribution in [-0.2, 0) is 4.74 Å². The molecule has 0 radical (unpaired) electrons. The fourth-order valence-corrected chi connectivity index (χ4v) is 2.30. The molecule has 0 aliphatic carbocycles. The molecule has 1 rings (SSSR count). The van der Waals surface area contributed by atoms with Gasteiger partial charge in [0.15, 0.2) is 0 Å². The summed E-state index contributed by atoms with van der Waals surface area (Å²) in [7, 11) is 1.70. The number of anilines is 1. The van der Waals surface area contributed by atoms with Gasteiger partial charge in [0.05, 0.1) is 23.4 Å². The average Bonchev–Trinajstić information content (AvgIpc) is 2.34. The summed E-state index contributed by atoms with van der Waals surface area (Å²) >= 11 is 6.34. The molecule has 19 heavy (non-hydrogen) atoms. The van der Waals surface area contributed by atoms with Crippen molar-refractivity contribution in [3.63, 3.8) is 0 Å². The number of hydrogen-bond acceptors (Lipinski definition) is 3. The Labute approximate surface area is 121 Å². The first-order valence-corrected chi connectivity index (χ1v) is 7.05. The van der Waals surface area contributed by atoms with Crippen molar-refractivity contribution >= 4 is 17.3 Å². The molecule has 1 atom stereocenters. The lowest BCUT2D eigenvalue weighted by atomic mass is 10.1. The largest absolute Gasteiger partial charge is 0.389 e. The van der Waals surface area contributed by atoms with Crippen molar-refractivity contribution in [1.29, 1.82) is 0 Å². The first-order valence-electron chi connectivity index (χ1n) is 6.67. The van der Waals surface area contributed by atoms with Crippen LogP contribution in [0.5, 0.6) is 0 Å². The highest BCUT2D eigenvalue weighted by atomic mass is 35.5. The number of benzene rings is 1. The van der Waals surface area contributed by atoms with Crippen molar-refractivity contribution in [1.82, 2.24) is 0 Å². The van der Waals surface area contributed by atoms with Gasteiger partial charge in [-0.25, -0.2) is 0 Å². The summed E-state index contributed by atoms with van der Waals surface area (Å²) in [5.74, 6) is 0.546. The topological polar surface area (TPSA) is 32.7 Å². The Morgan fingerprint density at radius 2 is 2.00 bits per heavy atom. The fourth-order valence-electron chi connectivity index (χ4n) is 1.99. The highest BCUT2D eigenvalue weighted by molar-refractivity contribution is 6.33. The van der Waals surface area contributed by atoms with Crippen molar-refractivity contribution in [3.8, 4) is 0 Å². The Balaban J connectivity index is 2.94. The summed E-state index contributed by atoms with van der Waals surface area (Å²) in [5.41, 5.74) is 1.84. The standard InChI is InChI=1S/C15H24ClNO2/c1-11(2)10-17(7-8-19-4)15-6-5-13(12(3)18)9-14(15)16/h5-6,9,11-12,18H,7-8,10H2,1-4H3/t12-/m0/s1. The summed E-state index contributed by atoms with van der Waals surface area (Å²) in [6.45, 7) is 8.50. The van der Waals surface area contributed by atoms with Crippen LogP contribution in [0.25, 0.3) is 0 Å². The minimum absolute atomic E-state index is 0.496. The highest BCUT2D eigenvalue weighted by Crippen LogP contribution is 2.29. The second-order valence-electron chi connectivity index (χ2n) is 5.22. The Morgan fingerprint density at radius 1 is 1.32 bits per heavy atom. The Hall–Kier alpha value is -0.770. The van der Waals surface area contributed by atoms with E-state index in [1.165, 1.54) is 0 Å². The molecule has 0 heterocycles. The Kier molecular flexibility index (Phi) is 6.63. The average molecular weight is 286 g/mol. The minimum Gasteiger partial charge on any atom is -0.389 e. The molecule has 0 unspecified atom stereocenters. The van der Waals surface area contributed by atoms with Gasteiger partial charge in [0.1, 0.15) is 0 Å². The molecule has 0 spiro atoms. The van der Waals surface area contributed by atoms with E-state index in [1.807, 2.05) is 18.2 Å². The van der Waals surface area contributed by atoms with Crippen LogP contribution in [0, 0.1) is 5.92 Å². The molecule has 4 heteroatoms. The normalized spacial score (nSPS) is 12.8. The number of hydrogen-bond donors (Lipinski definition) is 1. The highest BCUT2D eigenvalue weighted by Gasteiger charge is 2.13. The number of methoxy groups -OCH3 is 1. The van der Waals surface area contributed by atoms with Crippen molar-refractivity contribution in [2.75, 3.05) is 31.7 Å². The Bertz CT molecular complexity index is 394. The van der Waals surface area contributed by atoms with Gasteiger partial charge in [-0.1, -0.05) is 31.5 Å². The Morgan fingerprint density at radius 3 is 2.47 bits per heavy atom. The maximum absolute atomic E-state index is 9.57. The van der Waals surface area contributed by atoms with Crippen LogP contribution in [0.2, 0.25) is 5.02 Å². The molecule has 0 aromatic heterocycles. The van der Waals surface area contributed by atoms with Crippen LogP contribution in [0.1, 0.15) is 32.4 Å². The molecule has 108 valence electrons. The van der Waals surface area contributed by atoms with E-state index >= 15 is 0 Å². The summed E-state index contributed by atoms with van der Waals surface area (Å²) in [6.07, 6.45) is -0.496. The predicted octanol–water partition coefficient (Wildman–Crippen LogP) is 3.50. The lowest BCUT2D eigenvalue weighted by molar-refractivity contribution is 0.199. The van der Waals surface area contributed by atoms with Crippen LogP contribution in [0.3, 0.4) is 0 Å². The molecule has 1 aromatic carbocycles. The lowest BCUT2D eigenvalue weighted by Gasteiger charge is -2.27. The van der Waals surface area contributed by atoms with Crippen molar-refractivity contribution in [2.45, 2.75) is 26.9 Å². The summed E-state index contributed by atoms with van der Waals surface area (Å²) in [6, 6.07) is 5.73. The third-order valence-electron chi connectivity index (χ3n) is 2.95. The molecule has 3 nitrogen and oxygen atoms in total. The number of aliphatic hydroxyl groups is 1. The molecule has 0 amide bonds. The molecular formula is C15H24ClNO2. The van der Waals surface area contributed by atoms with E-state index in [0.29, 0.717) is 17.5 Å². The number of halogens is 1. The van der Waals surface area contributed by atoms with Gasteiger partial charge < -0.3 is 14.7 Å². The van der Waals surface area contributed by atoms with Gasteiger partial charge in [-0.2, -0.15) is 0 Å². The third-order valence-corrected chi connectivity index (χ3v) is 3.25. The number of ether oxygens (including phenoxy) is 1. The summed E-state index contributed by atoms with van der Waals surface area (Å²) in [5, 5.41) is 10.2. The first-order chi connectivity index (χ1) is 8.95. The molecule has 0 fully saturated rings. The van der Waals surface area contributed by atoms with Gasteiger partial charge >= 0.3 is 0 Å². The van der Waals surface area contributed by atoms with Gasteiger partial charge in [0.25, 0.3) is 0 Å². The quantitative estimate of drug-likeness (QED) is 0.832. The number of aliphatic hydroxyl groups excluding tert-OH is 1. The predicted molar refractivity (Wildman–Crippen MR) is 81.0 cm³/mol. The molecule has 0 saturated heterocycles. The van der Waals surface area contributed by atoms with Gasteiger partial charge in [-0.15, -0.1) is 0 Å². The molecule has 0 saturated carbocycles. The number of nitrogens with zero attached hydrogens (tertiary/aromatic N) is 1. The van der Waals surface area contributed by atoms with E-state index in [0.717, 1.165) is 24.3 Å². The minimum atomic E-state index is -0.496. The van der Waals surface area contributed by atoms with E-state index in [-0.39, 0.29) is 0 Å². The fraction of sp³-hybridized carbons (Fsp3) is 0.600. The molecule has 1 N–H and O–H groups in total. The van der Waals surface area contributed by atoms with E-state index in [1.54, 1.807) is 14.0 Å². The van der Waals surface area contributed by atoms with E-state index < -0.39 is 6.10 Å². The van der Waals surface area contributed by atoms with Gasteiger partial charge in [-0.05, 0) is 30.5 Å². The van der Waals surface area contributed by atoms with E-state index in [9.17, 15) is 5.11 Å². The molecule has 0 bridgehead atoms. The van der Waals surface area contributed by atoms with Crippen LogP contribution in [0.4, 0.5) is 5.69 Å². The van der Waals surface area contributed by atoms with Gasteiger partial charge in [0, 0.05) is 20.2 Å². The van der Waals surface area contributed by atoms with E-state index in [4.69, 9.17) is 16.3 Å². The van der Waals surface area contributed by atoms with Crippen molar-refractivity contribution in [2.24, 2.45) is 5.92 Å². The van der Waals surface area contributed by atoms with Crippen molar-refractivity contribution < 1.29 is 9.84 Å². The maximum atomic E-state index is 9.57. The molecule has 1 aromatic rings. The first kappa shape index (κ1) is 16.3. The van der Waals surface area contributed by atoms with E-state index in [2.05, 4.69) is 18.7 Å². The number of rotatable bonds is 7. The lowest BCUT2D eigenvalue weighted by Crippen LogP contribution is -2.31. The van der Waals surface area contributed by atoms with Gasteiger partial charge in [-0.3, -0.25) is 0 Å². The SMILES string of the molecule is COCCN(CC(C)C)c1ccc([C@H](C)O)cc1Cl. The molecule has 0 aliphatic heterocycles. The summed E-state index contributed by atoms with van der Waals surface area (Å²) < 4.78 is 5.15. The second-order valence-corrected chi connectivity index (χ2v) is 5.63. The van der Waals surface area contributed by atoms with Crippen molar-refractivity contribution in [3.05, 3.63) is 28.8 Å². The zero-order valence-electron chi connectivity index (χ0n) is 12.2. The maximum Gasteiger partial charge on any atom is 0.0762 e.